The number of benzene rings is 1. The van der Waals surface area contributed by atoms with Gasteiger partial charge < -0.3 is 4.42 Å². The molecule has 0 atom stereocenters. The van der Waals surface area contributed by atoms with E-state index in [0.717, 1.165) is 12.2 Å². The van der Waals surface area contributed by atoms with Crippen molar-refractivity contribution in [1.29, 1.82) is 0 Å². The Morgan fingerprint density at radius 1 is 1.20 bits per heavy atom. The van der Waals surface area contributed by atoms with Gasteiger partial charge in [-0.3, -0.25) is 0 Å². The molecule has 74 valence electrons. The Kier molecular flexibility index (Phi) is 1.78. The molecule has 0 saturated heterocycles. The van der Waals surface area contributed by atoms with Crippen LogP contribution >= 0.6 is 0 Å². The molecule has 1 aromatic carbocycles. The molecule has 1 aliphatic rings. The first-order chi connectivity index (χ1) is 7.36. The van der Waals surface area contributed by atoms with Gasteiger partial charge in [-0.15, -0.1) is 0 Å². The molecule has 1 heteroatoms. The van der Waals surface area contributed by atoms with Crippen molar-refractivity contribution in [2.75, 3.05) is 0 Å². The van der Waals surface area contributed by atoms with Crippen molar-refractivity contribution in [1.82, 2.24) is 0 Å². The molecule has 0 spiro atoms. The molecule has 0 fully saturated rings. The first-order valence-corrected chi connectivity index (χ1v) is 5.19. The van der Waals surface area contributed by atoms with Crippen LogP contribution in [-0.2, 0) is 6.42 Å². The summed E-state index contributed by atoms with van der Waals surface area (Å²) in [6, 6.07) is 8.41. The third kappa shape index (κ3) is 1.23. The number of hydrogen-bond acceptors (Lipinski definition) is 1. The first kappa shape index (κ1) is 8.54. The van der Waals surface area contributed by atoms with E-state index in [1.54, 1.807) is 6.26 Å². The second-order valence-corrected chi connectivity index (χ2v) is 3.92. The van der Waals surface area contributed by atoms with Crippen LogP contribution in [-0.4, -0.2) is 0 Å². The molecular weight excluding hydrogens is 184 g/mol. The molecule has 1 nitrogen and oxygen atoms in total. The molecule has 0 amide bonds. The summed E-state index contributed by atoms with van der Waals surface area (Å²) in [4.78, 5) is 0. The predicted octanol–water partition coefficient (Wildman–Crippen LogP) is 3.82. The summed E-state index contributed by atoms with van der Waals surface area (Å²) >= 11 is 0. The minimum absolute atomic E-state index is 0.999. The number of rotatable bonds is 1. The van der Waals surface area contributed by atoms with Gasteiger partial charge >= 0.3 is 0 Å². The lowest BCUT2D eigenvalue weighted by Crippen LogP contribution is -1.86. The molecule has 0 bridgehead atoms. The smallest absolute Gasteiger partial charge is 0.137 e. The lowest BCUT2D eigenvalue weighted by molar-refractivity contribution is 0.580. The molecule has 1 aromatic heterocycles. The van der Waals surface area contributed by atoms with E-state index in [0.29, 0.717) is 0 Å². The van der Waals surface area contributed by atoms with Crippen LogP contribution in [0.15, 0.2) is 41.0 Å². The van der Waals surface area contributed by atoms with Gasteiger partial charge in [-0.2, -0.15) is 0 Å². The van der Waals surface area contributed by atoms with Crippen LogP contribution in [0.2, 0.25) is 0 Å². The normalized spacial score (nSPS) is 13.1. The van der Waals surface area contributed by atoms with Gasteiger partial charge in [0.15, 0.2) is 0 Å². The molecule has 0 aliphatic heterocycles. The SMILES string of the molecule is Cc1ccoc1-c1cccc2c1C=CC2. The molecule has 2 aromatic rings. The second kappa shape index (κ2) is 3.13. The van der Waals surface area contributed by atoms with Crippen LogP contribution in [0.5, 0.6) is 0 Å². The highest BCUT2D eigenvalue weighted by Gasteiger charge is 2.14. The van der Waals surface area contributed by atoms with E-state index < -0.39 is 0 Å². The van der Waals surface area contributed by atoms with E-state index in [2.05, 4.69) is 37.3 Å². The maximum absolute atomic E-state index is 5.54. The number of furan rings is 1. The summed E-state index contributed by atoms with van der Waals surface area (Å²) < 4.78 is 5.54. The molecular formula is C14H12O. The van der Waals surface area contributed by atoms with Crippen LogP contribution in [0.1, 0.15) is 16.7 Å². The Balaban J connectivity index is 2.25. The van der Waals surface area contributed by atoms with Gasteiger partial charge in [0.2, 0.25) is 0 Å². The summed E-state index contributed by atoms with van der Waals surface area (Å²) in [5.74, 6) is 0.999. The Labute approximate surface area is 89.0 Å². The topological polar surface area (TPSA) is 13.1 Å². The van der Waals surface area contributed by atoms with Crippen LogP contribution in [0.25, 0.3) is 17.4 Å². The fourth-order valence-electron chi connectivity index (χ4n) is 2.14. The third-order valence-corrected chi connectivity index (χ3v) is 2.93. The van der Waals surface area contributed by atoms with E-state index in [1.165, 1.54) is 22.3 Å². The fraction of sp³-hybridized carbons (Fsp3) is 0.143. The Morgan fingerprint density at radius 2 is 2.13 bits per heavy atom. The average molecular weight is 196 g/mol. The minimum atomic E-state index is 0.999. The van der Waals surface area contributed by atoms with E-state index in [4.69, 9.17) is 4.42 Å². The van der Waals surface area contributed by atoms with E-state index in [-0.39, 0.29) is 0 Å². The van der Waals surface area contributed by atoms with Gasteiger partial charge in [0, 0.05) is 5.56 Å². The van der Waals surface area contributed by atoms with Crippen LogP contribution in [0.3, 0.4) is 0 Å². The van der Waals surface area contributed by atoms with Crippen LogP contribution in [0, 0.1) is 6.92 Å². The second-order valence-electron chi connectivity index (χ2n) is 3.92. The fourth-order valence-corrected chi connectivity index (χ4v) is 2.14. The zero-order valence-electron chi connectivity index (χ0n) is 8.66. The van der Waals surface area contributed by atoms with E-state index in [1.807, 2.05) is 6.07 Å². The van der Waals surface area contributed by atoms with Gasteiger partial charge in [-0.25, -0.2) is 0 Å². The molecule has 0 saturated carbocycles. The summed E-state index contributed by atoms with van der Waals surface area (Å²) in [6.07, 6.45) is 7.19. The highest BCUT2D eigenvalue weighted by Crippen LogP contribution is 2.33. The summed E-state index contributed by atoms with van der Waals surface area (Å²) in [7, 11) is 0. The van der Waals surface area contributed by atoms with Crippen LogP contribution in [0.4, 0.5) is 0 Å². The molecule has 0 radical (unpaired) electrons. The first-order valence-electron chi connectivity index (χ1n) is 5.19. The number of allylic oxidation sites excluding steroid dienone is 1. The molecule has 0 unspecified atom stereocenters. The van der Waals surface area contributed by atoms with Crippen molar-refractivity contribution < 1.29 is 4.42 Å². The Hall–Kier alpha value is -1.76. The van der Waals surface area contributed by atoms with Crippen LogP contribution < -0.4 is 0 Å². The number of fused-ring (bicyclic) bond motifs is 1. The Bertz CT molecular complexity index is 532. The highest BCUT2D eigenvalue weighted by molar-refractivity contribution is 5.78. The molecule has 1 aliphatic carbocycles. The van der Waals surface area contributed by atoms with Crippen molar-refractivity contribution in [3.8, 4) is 11.3 Å². The van der Waals surface area contributed by atoms with Crippen molar-refractivity contribution in [2.45, 2.75) is 13.3 Å². The monoisotopic (exact) mass is 196 g/mol. The molecule has 15 heavy (non-hydrogen) atoms. The number of aryl methyl sites for hydroxylation is 1. The maximum atomic E-state index is 5.54. The highest BCUT2D eigenvalue weighted by atomic mass is 16.3. The molecule has 0 N–H and O–H groups in total. The van der Waals surface area contributed by atoms with Gasteiger partial charge in [-0.05, 0) is 36.1 Å². The lowest BCUT2D eigenvalue weighted by atomic mass is 10.00. The number of hydrogen-bond donors (Lipinski definition) is 0. The van der Waals surface area contributed by atoms with E-state index >= 15 is 0 Å². The zero-order chi connectivity index (χ0) is 10.3. The summed E-state index contributed by atoms with van der Waals surface area (Å²) in [6.45, 7) is 2.08. The van der Waals surface area contributed by atoms with E-state index in [9.17, 15) is 0 Å². The van der Waals surface area contributed by atoms with Crippen molar-refractivity contribution in [2.24, 2.45) is 0 Å². The predicted molar refractivity (Wildman–Crippen MR) is 61.6 cm³/mol. The Morgan fingerprint density at radius 3 is 2.93 bits per heavy atom. The maximum Gasteiger partial charge on any atom is 0.137 e. The lowest BCUT2D eigenvalue weighted by Gasteiger charge is -2.05. The average Bonchev–Trinajstić information content (AvgIpc) is 2.85. The standard InChI is InChI=1S/C14H12O/c1-10-8-9-15-14(10)13-7-3-5-11-4-2-6-12(11)13/h2-3,5-9H,4H2,1H3. The van der Waals surface area contributed by atoms with Crippen molar-refractivity contribution in [3.63, 3.8) is 0 Å². The summed E-state index contributed by atoms with van der Waals surface area (Å²) in [5, 5.41) is 0. The quantitative estimate of drug-likeness (QED) is 0.675. The van der Waals surface area contributed by atoms with Crippen molar-refractivity contribution in [3.05, 3.63) is 53.3 Å². The van der Waals surface area contributed by atoms with Gasteiger partial charge in [0.25, 0.3) is 0 Å². The van der Waals surface area contributed by atoms with Gasteiger partial charge in [0.05, 0.1) is 6.26 Å². The zero-order valence-corrected chi connectivity index (χ0v) is 8.66. The molecule has 1 heterocycles. The largest absolute Gasteiger partial charge is 0.464 e. The third-order valence-electron chi connectivity index (χ3n) is 2.93. The van der Waals surface area contributed by atoms with Crippen molar-refractivity contribution >= 4 is 6.08 Å². The molecule has 3 rings (SSSR count). The summed E-state index contributed by atoms with van der Waals surface area (Å²) in [5.41, 5.74) is 5.12. The van der Waals surface area contributed by atoms with Gasteiger partial charge in [0.1, 0.15) is 5.76 Å². The minimum Gasteiger partial charge on any atom is -0.464 e. The van der Waals surface area contributed by atoms with Gasteiger partial charge in [-0.1, -0.05) is 30.4 Å².